The SMILES string of the molecule is C=C(C#N)C(=O)CC[C@@H](NC(=O)[C@@H](CC(=O)NC)Cc1nc2ccc(CC)cc2s1)C1CCCC1. The van der Waals surface area contributed by atoms with Crippen LogP contribution in [0.2, 0.25) is 0 Å². The van der Waals surface area contributed by atoms with Crippen LogP contribution in [0.3, 0.4) is 0 Å². The van der Waals surface area contributed by atoms with Crippen LogP contribution < -0.4 is 10.6 Å². The normalized spacial score (nSPS) is 15.3. The number of carbonyl (C=O) groups excluding carboxylic acids is 3. The molecular weight excluding hydrogens is 460 g/mol. The number of Topliss-reactive ketones (excluding diaryl/α,β-unsaturated/α-hetero) is 1. The number of hydrogen-bond donors (Lipinski definition) is 2. The number of thiazole rings is 1. The Morgan fingerprint density at radius 1 is 1.29 bits per heavy atom. The molecule has 7 nitrogen and oxygen atoms in total. The van der Waals surface area contributed by atoms with Gasteiger partial charge in [0.15, 0.2) is 5.78 Å². The Kier molecular flexibility index (Phi) is 9.55. The summed E-state index contributed by atoms with van der Waals surface area (Å²) in [5.74, 6) is -0.942. The Hall–Kier alpha value is -3.05. The van der Waals surface area contributed by atoms with Crippen LogP contribution in [0.1, 0.15) is 62.4 Å². The van der Waals surface area contributed by atoms with Crippen molar-refractivity contribution in [3.05, 3.63) is 40.9 Å². The van der Waals surface area contributed by atoms with Gasteiger partial charge in [-0.2, -0.15) is 5.26 Å². The lowest BCUT2D eigenvalue weighted by atomic mass is 9.91. The van der Waals surface area contributed by atoms with E-state index in [-0.39, 0.29) is 48.0 Å². The number of nitrogens with one attached hydrogen (secondary N) is 2. The number of fused-ring (bicyclic) bond motifs is 1. The maximum Gasteiger partial charge on any atom is 0.224 e. The minimum Gasteiger partial charge on any atom is -0.359 e. The molecule has 0 saturated heterocycles. The number of ketones is 1. The molecule has 1 aliphatic carbocycles. The number of nitrogens with zero attached hydrogens (tertiary/aromatic N) is 2. The number of nitriles is 1. The number of carbonyl (C=O) groups is 3. The average Bonchev–Trinajstić information content (AvgIpc) is 3.54. The van der Waals surface area contributed by atoms with Crippen LogP contribution in [0.4, 0.5) is 0 Å². The molecule has 0 spiro atoms. The zero-order valence-corrected chi connectivity index (χ0v) is 21.4. The Bertz CT molecular complexity index is 1130. The van der Waals surface area contributed by atoms with E-state index in [0.29, 0.717) is 12.8 Å². The fourth-order valence-corrected chi connectivity index (χ4v) is 5.81. The number of rotatable bonds is 12. The molecule has 0 aliphatic heterocycles. The molecule has 0 bridgehead atoms. The van der Waals surface area contributed by atoms with Crippen molar-refractivity contribution in [2.45, 2.75) is 70.8 Å². The van der Waals surface area contributed by atoms with Gasteiger partial charge in [-0.1, -0.05) is 32.4 Å². The maximum absolute atomic E-state index is 13.4. The van der Waals surface area contributed by atoms with Crippen molar-refractivity contribution in [2.75, 3.05) is 7.05 Å². The van der Waals surface area contributed by atoms with Crippen molar-refractivity contribution in [2.24, 2.45) is 11.8 Å². The van der Waals surface area contributed by atoms with E-state index in [2.05, 4.69) is 36.3 Å². The van der Waals surface area contributed by atoms with E-state index < -0.39 is 5.92 Å². The average molecular weight is 495 g/mol. The van der Waals surface area contributed by atoms with E-state index >= 15 is 0 Å². The number of benzene rings is 1. The van der Waals surface area contributed by atoms with E-state index in [1.54, 1.807) is 18.4 Å². The zero-order chi connectivity index (χ0) is 25.4. The highest BCUT2D eigenvalue weighted by molar-refractivity contribution is 7.18. The predicted octanol–water partition coefficient (Wildman–Crippen LogP) is 4.26. The minimum atomic E-state index is -0.560. The van der Waals surface area contributed by atoms with E-state index in [4.69, 9.17) is 10.2 Å². The smallest absolute Gasteiger partial charge is 0.224 e. The summed E-state index contributed by atoms with van der Waals surface area (Å²) in [5, 5.41) is 15.6. The first-order chi connectivity index (χ1) is 16.8. The molecule has 2 aromatic rings. The van der Waals surface area contributed by atoms with Crippen LogP contribution in [0, 0.1) is 23.2 Å². The van der Waals surface area contributed by atoms with Crippen LogP contribution in [-0.4, -0.2) is 35.7 Å². The molecule has 2 amide bonds. The molecule has 1 aromatic heterocycles. The second kappa shape index (κ2) is 12.6. The molecule has 8 heteroatoms. The third-order valence-electron chi connectivity index (χ3n) is 6.86. The molecule has 1 saturated carbocycles. The molecule has 2 atom stereocenters. The van der Waals surface area contributed by atoms with Gasteiger partial charge in [0.05, 0.1) is 26.7 Å². The van der Waals surface area contributed by atoms with Crippen LogP contribution in [0.15, 0.2) is 30.4 Å². The summed E-state index contributed by atoms with van der Waals surface area (Å²) in [6, 6.07) is 7.84. The number of allylic oxidation sites excluding steroid dienone is 1. The van der Waals surface area contributed by atoms with Gasteiger partial charge >= 0.3 is 0 Å². The first kappa shape index (κ1) is 26.6. The van der Waals surface area contributed by atoms with Gasteiger partial charge in [-0.25, -0.2) is 4.98 Å². The standard InChI is InChI=1S/C27H34N4O3S/c1-4-18-9-10-22-24(13-18)35-26(30-22)15-20(14-25(33)29-3)27(34)31-21(19-7-5-6-8-19)11-12-23(32)17(2)16-28/h9-10,13,19-21H,2,4-8,11-12,14-15H2,1,3H3,(H,29,33)(H,31,34)/t20-,21+/m0/s1. The van der Waals surface area contributed by atoms with Gasteiger partial charge in [-0.05, 0) is 49.3 Å². The van der Waals surface area contributed by atoms with Crippen molar-refractivity contribution >= 4 is 39.2 Å². The van der Waals surface area contributed by atoms with Gasteiger partial charge in [0.2, 0.25) is 11.8 Å². The number of hydrogen-bond acceptors (Lipinski definition) is 6. The molecule has 35 heavy (non-hydrogen) atoms. The Balaban J connectivity index is 1.76. The third kappa shape index (κ3) is 7.22. The number of aryl methyl sites for hydroxylation is 1. The largest absolute Gasteiger partial charge is 0.359 e. The van der Waals surface area contributed by atoms with Crippen LogP contribution in [0.25, 0.3) is 10.2 Å². The Labute approximate surface area is 211 Å². The molecule has 1 fully saturated rings. The highest BCUT2D eigenvalue weighted by Gasteiger charge is 2.31. The maximum atomic E-state index is 13.4. The van der Waals surface area contributed by atoms with Crippen LogP contribution in [-0.2, 0) is 27.2 Å². The van der Waals surface area contributed by atoms with Gasteiger partial charge < -0.3 is 10.6 Å². The van der Waals surface area contributed by atoms with Gasteiger partial charge in [-0.3, -0.25) is 14.4 Å². The Morgan fingerprint density at radius 2 is 2.03 bits per heavy atom. The van der Waals surface area contributed by atoms with Crippen LogP contribution in [0.5, 0.6) is 0 Å². The van der Waals surface area contributed by atoms with Crippen molar-refractivity contribution < 1.29 is 14.4 Å². The Morgan fingerprint density at radius 3 is 2.69 bits per heavy atom. The molecule has 3 rings (SSSR count). The minimum absolute atomic E-state index is 0.0546. The fraction of sp³-hybridized carbons (Fsp3) is 0.519. The highest BCUT2D eigenvalue weighted by Crippen LogP contribution is 2.31. The van der Waals surface area contributed by atoms with Crippen molar-refractivity contribution in [1.29, 1.82) is 5.26 Å². The number of amides is 2. The third-order valence-corrected chi connectivity index (χ3v) is 7.90. The topological polar surface area (TPSA) is 112 Å². The van der Waals surface area contributed by atoms with Gasteiger partial charge in [0, 0.05) is 32.4 Å². The summed E-state index contributed by atoms with van der Waals surface area (Å²) in [6.45, 7) is 5.62. The predicted molar refractivity (Wildman–Crippen MR) is 138 cm³/mol. The summed E-state index contributed by atoms with van der Waals surface area (Å²) < 4.78 is 1.08. The second-order valence-corrected chi connectivity index (χ2v) is 10.4. The number of aromatic nitrogens is 1. The van der Waals surface area contributed by atoms with E-state index in [0.717, 1.165) is 47.3 Å². The van der Waals surface area contributed by atoms with E-state index in [1.165, 1.54) is 5.56 Å². The summed E-state index contributed by atoms with van der Waals surface area (Å²) in [5.41, 5.74) is 2.09. The highest BCUT2D eigenvalue weighted by atomic mass is 32.1. The molecule has 0 radical (unpaired) electrons. The van der Waals surface area contributed by atoms with Crippen molar-refractivity contribution in [3.8, 4) is 6.07 Å². The summed E-state index contributed by atoms with van der Waals surface area (Å²) in [4.78, 5) is 42.6. The summed E-state index contributed by atoms with van der Waals surface area (Å²) in [7, 11) is 1.57. The molecular formula is C27H34N4O3S. The lowest BCUT2D eigenvalue weighted by Crippen LogP contribution is -2.44. The quantitative estimate of drug-likeness (QED) is 0.338. The summed E-state index contributed by atoms with van der Waals surface area (Å²) in [6.07, 6.45) is 6.21. The van der Waals surface area contributed by atoms with Gasteiger partial charge in [-0.15, -0.1) is 11.3 Å². The van der Waals surface area contributed by atoms with Crippen LogP contribution >= 0.6 is 11.3 Å². The fourth-order valence-electron chi connectivity index (χ4n) is 4.70. The molecule has 1 heterocycles. The van der Waals surface area contributed by atoms with E-state index in [9.17, 15) is 14.4 Å². The first-order valence-corrected chi connectivity index (χ1v) is 13.2. The lowest BCUT2D eigenvalue weighted by Gasteiger charge is -2.27. The zero-order valence-electron chi connectivity index (χ0n) is 20.6. The van der Waals surface area contributed by atoms with Crippen molar-refractivity contribution in [1.82, 2.24) is 15.6 Å². The molecule has 1 aliphatic rings. The molecule has 1 aromatic carbocycles. The molecule has 186 valence electrons. The van der Waals surface area contributed by atoms with Gasteiger partial charge in [0.25, 0.3) is 0 Å². The second-order valence-electron chi connectivity index (χ2n) is 9.25. The molecule has 0 unspecified atom stereocenters. The molecule has 2 N–H and O–H groups in total. The monoisotopic (exact) mass is 494 g/mol. The van der Waals surface area contributed by atoms with E-state index in [1.807, 2.05) is 12.1 Å². The van der Waals surface area contributed by atoms with Gasteiger partial charge in [0.1, 0.15) is 6.07 Å². The lowest BCUT2D eigenvalue weighted by molar-refractivity contribution is -0.131. The first-order valence-electron chi connectivity index (χ1n) is 12.4. The van der Waals surface area contributed by atoms with Crippen molar-refractivity contribution in [3.63, 3.8) is 0 Å². The summed E-state index contributed by atoms with van der Waals surface area (Å²) >= 11 is 1.56.